The van der Waals surface area contributed by atoms with E-state index in [1.165, 1.54) is 12.1 Å². The standard InChI is InChI=1S/C12H11N3O2S/c1-7-11(13-8(2)14-12(7)18)9-4-3-5-10(6-9)15(16)17/h3-6H,1-2H3,(H,13,14,18). The summed E-state index contributed by atoms with van der Waals surface area (Å²) in [5.74, 6) is 0.687. The molecule has 2 rings (SSSR count). The predicted molar refractivity (Wildman–Crippen MR) is 71.0 cm³/mol. The molecule has 1 aromatic heterocycles. The highest BCUT2D eigenvalue weighted by atomic mass is 32.1. The summed E-state index contributed by atoms with van der Waals surface area (Å²) in [5, 5.41) is 10.8. The Bertz CT molecular complexity index is 679. The summed E-state index contributed by atoms with van der Waals surface area (Å²) in [7, 11) is 0. The second-order valence-corrected chi connectivity index (χ2v) is 4.32. The molecule has 0 radical (unpaired) electrons. The van der Waals surface area contributed by atoms with Crippen molar-refractivity contribution in [2.75, 3.05) is 0 Å². The minimum absolute atomic E-state index is 0.0562. The number of benzene rings is 1. The maximum atomic E-state index is 10.8. The molecule has 1 heterocycles. The van der Waals surface area contributed by atoms with Crippen molar-refractivity contribution < 1.29 is 4.92 Å². The summed E-state index contributed by atoms with van der Waals surface area (Å²) in [5.41, 5.74) is 2.38. The lowest BCUT2D eigenvalue weighted by Gasteiger charge is -2.07. The van der Waals surface area contributed by atoms with E-state index in [4.69, 9.17) is 12.2 Å². The Morgan fingerprint density at radius 2 is 2.11 bits per heavy atom. The van der Waals surface area contributed by atoms with Gasteiger partial charge in [-0.05, 0) is 13.8 Å². The first kappa shape index (κ1) is 12.4. The number of non-ortho nitro benzene ring substituents is 1. The fourth-order valence-electron chi connectivity index (χ4n) is 1.71. The molecule has 1 N–H and O–H groups in total. The lowest BCUT2D eigenvalue weighted by Crippen LogP contribution is -1.97. The number of aromatic nitrogens is 2. The van der Waals surface area contributed by atoms with E-state index in [-0.39, 0.29) is 5.69 Å². The molecule has 0 amide bonds. The molecule has 6 heteroatoms. The Labute approximate surface area is 109 Å². The van der Waals surface area contributed by atoms with Crippen LogP contribution in [0.1, 0.15) is 11.4 Å². The number of H-pyrrole nitrogens is 1. The van der Waals surface area contributed by atoms with Gasteiger partial charge in [-0.3, -0.25) is 10.1 Å². The fourth-order valence-corrected chi connectivity index (χ4v) is 1.95. The molecule has 1 aromatic carbocycles. The van der Waals surface area contributed by atoms with E-state index in [1.54, 1.807) is 19.1 Å². The normalized spacial score (nSPS) is 10.3. The number of nitro groups is 1. The van der Waals surface area contributed by atoms with E-state index in [1.807, 2.05) is 6.92 Å². The largest absolute Gasteiger partial charge is 0.343 e. The van der Waals surface area contributed by atoms with Crippen LogP contribution in [-0.2, 0) is 0 Å². The van der Waals surface area contributed by atoms with Crippen LogP contribution in [0.25, 0.3) is 11.3 Å². The predicted octanol–water partition coefficient (Wildman–Crippen LogP) is 3.33. The van der Waals surface area contributed by atoms with Crippen LogP contribution in [0.5, 0.6) is 0 Å². The first-order valence-electron chi connectivity index (χ1n) is 5.31. The van der Waals surface area contributed by atoms with Gasteiger partial charge in [0.25, 0.3) is 5.69 Å². The summed E-state index contributed by atoms with van der Waals surface area (Å²) in [4.78, 5) is 17.6. The zero-order valence-corrected chi connectivity index (χ0v) is 10.7. The van der Waals surface area contributed by atoms with Gasteiger partial charge in [-0.25, -0.2) is 4.98 Å². The van der Waals surface area contributed by atoms with Gasteiger partial charge in [-0.1, -0.05) is 24.4 Å². The van der Waals surface area contributed by atoms with Gasteiger partial charge in [0.05, 0.1) is 10.6 Å². The van der Waals surface area contributed by atoms with E-state index in [0.717, 1.165) is 16.8 Å². The van der Waals surface area contributed by atoms with Gasteiger partial charge in [-0.15, -0.1) is 0 Å². The molecule has 0 atom stereocenters. The Kier molecular flexibility index (Phi) is 3.20. The first-order valence-corrected chi connectivity index (χ1v) is 5.72. The minimum atomic E-state index is -0.415. The second-order valence-electron chi connectivity index (χ2n) is 3.93. The zero-order valence-electron chi connectivity index (χ0n) is 9.93. The molecule has 0 saturated carbocycles. The first-order chi connectivity index (χ1) is 8.49. The van der Waals surface area contributed by atoms with Crippen molar-refractivity contribution in [3.05, 3.63) is 50.4 Å². The molecule has 2 aromatic rings. The van der Waals surface area contributed by atoms with Crippen LogP contribution in [0, 0.1) is 28.6 Å². The third-order valence-electron chi connectivity index (χ3n) is 2.62. The van der Waals surface area contributed by atoms with Crippen molar-refractivity contribution in [2.24, 2.45) is 0 Å². The zero-order chi connectivity index (χ0) is 13.3. The van der Waals surface area contributed by atoms with Gasteiger partial charge in [0.1, 0.15) is 10.5 Å². The summed E-state index contributed by atoms with van der Waals surface area (Å²) >= 11 is 5.15. The molecule has 0 saturated heterocycles. The van der Waals surface area contributed by atoms with Crippen molar-refractivity contribution in [1.82, 2.24) is 9.97 Å². The van der Waals surface area contributed by atoms with E-state index < -0.39 is 4.92 Å². The highest BCUT2D eigenvalue weighted by molar-refractivity contribution is 7.71. The fraction of sp³-hybridized carbons (Fsp3) is 0.167. The molecular formula is C12H11N3O2S. The third-order valence-corrected chi connectivity index (χ3v) is 3.01. The van der Waals surface area contributed by atoms with Crippen LogP contribution in [0.2, 0.25) is 0 Å². The molecule has 0 unspecified atom stereocenters. The lowest BCUT2D eigenvalue weighted by molar-refractivity contribution is -0.384. The van der Waals surface area contributed by atoms with E-state index >= 15 is 0 Å². The topological polar surface area (TPSA) is 71.8 Å². The Balaban J connectivity index is 2.65. The van der Waals surface area contributed by atoms with Crippen LogP contribution in [0.3, 0.4) is 0 Å². The average molecular weight is 261 g/mol. The van der Waals surface area contributed by atoms with E-state index in [9.17, 15) is 10.1 Å². The van der Waals surface area contributed by atoms with Crippen LogP contribution < -0.4 is 0 Å². The molecule has 0 aliphatic heterocycles. The summed E-state index contributed by atoms with van der Waals surface area (Å²) in [6.07, 6.45) is 0. The molecule has 0 aliphatic carbocycles. The molecule has 5 nitrogen and oxygen atoms in total. The van der Waals surface area contributed by atoms with E-state index in [2.05, 4.69) is 9.97 Å². The maximum Gasteiger partial charge on any atom is 0.270 e. The van der Waals surface area contributed by atoms with Gasteiger partial charge < -0.3 is 4.98 Å². The van der Waals surface area contributed by atoms with E-state index in [0.29, 0.717) is 10.5 Å². The van der Waals surface area contributed by atoms with Crippen molar-refractivity contribution >= 4 is 17.9 Å². The summed E-state index contributed by atoms with van der Waals surface area (Å²) in [6, 6.07) is 6.44. The Morgan fingerprint density at radius 3 is 2.78 bits per heavy atom. The number of hydrogen-bond acceptors (Lipinski definition) is 4. The highest BCUT2D eigenvalue weighted by Gasteiger charge is 2.10. The number of aryl methyl sites for hydroxylation is 1. The van der Waals surface area contributed by atoms with Crippen molar-refractivity contribution in [2.45, 2.75) is 13.8 Å². The number of aromatic amines is 1. The van der Waals surface area contributed by atoms with Gasteiger partial charge >= 0.3 is 0 Å². The maximum absolute atomic E-state index is 10.8. The number of rotatable bonds is 2. The minimum Gasteiger partial charge on any atom is -0.343 e. The number of hydrogen-bond donors (Lipinski definition) is 1. The summed E-state index contributed by atoms with van der Waals surface area (Å²) < 4.78 is 0.507. The van der Waals surface area contributed by atoms with Crippen molar-refractivity contribution in [1.29, 1.82) is 0 Å². The van der Waals surface area contributed by atoms with Crippen molar-refractivity contribution in [3.63, 3.8) is 0 Å². The van der Waals surface area contributed by atoms with Crippen LogP contribution in [0.4, 0.5) is 5.69 Å². The van der Waals surface area contributed by atoms with Crippen LogP contribution >= 0.6 is 12.2 Å². The Morgan fingerprint density at radius 1 is 1.39 bits per heavy atom. The van der Waals surface area contributed by atoms with Crippen LogP contribution in [0.15, 0.2) is 24.3 Å². The van der Waals surface area contributed by atoms with Crippen LogP contribution in [-0.4, -0.2) is 14.9 Å². The molecule has 0 aliphatic rings. The Hall–Kier alpha value is -2.08. The SMILES string of the molecule is Cc1nc(=S)c(C)c(-c2cccc([N+](=O)[O-])c2)[nH]1. The van der Waals surface area contributed by atoms with Crippen molar-refractivity contribution in [3.8, 4) is 11.3 Å². The molecule has 92 valence electrons. The average Bonchev–Trinajstić information content (AvgIpc) is 2.34. The number of nitro benzene ring substituents is 1. The molecular weight excluding hydrogens is 250 g/mol. The second kappa shape index (κ2) is 4.66. The monoisotopic (exact) mass is 261 g/mol. The molecule has 0 bridgehead atoms. The van der Waals surface area contributed by atoms with Gasteiger partial charge in [-0.2, -0.15) is 0 Å². The molecule has 0 fully saturated rings. The molecule has 18 heavy (non-hydrogen) atoms. The smallest absolute Gasteiger partial charge is 0.270 e. The number of nitrogens with one attached hydrogen (secondary N) is 1. The van der Waals surface area contributed by atoms with Gasteiger partial charge in [0.2, 0.25) is 0 Å². The third kappa shape index (κ3) is 2.28. The lowest BCUT2D eigenvalue weighted by atomic mass is 10.1. The summed E-state index contributed by atoms with van der Waals surface area (Å²) in [6.45, 7) is 3.65. The van der Waals surface area contributed by atoms with Gasteiger partial charge in [0, 0.05) is 23.3 Å². The molecule has 0 spiro atoms. The van der Waals surface area contributed by atoms with Gasteiger partial charge in [0.15, 0.2) is 0 Å². The quantitative estimate of drug-likeness (QED) is 0.511. The highest BCUT2D eigenvalue weighted by Crippen LogP contribution is 2.25. The number of nitrogens with zero attached hydrogens (tertiary/aromatic N) is 2.